The minimum Gasteiger partial charge on any atom is -0.298 e. The molecule has 8 heteroatoms. The van der Waals surface area contributed by atoms with Crippen molar-refractivity contribution < 1.29 is 4.79 Å². The predicted octanol–water partition coefficient (Wildman–Crippen LogP) is 5.49. The Bertz CT molecular complexity index is 749. The maximum atomic E-state index is 12.1. The van der Waals surface area contributed by atoms with Gasteiger partial charge in [-0.3, -0.25) is 10.1 Å². The van der Waals surface area contributed by atoms with Crippen LogP contribution in [0.2, 0.25) is 8.67 Å². The van der Waals surface area contributed by atoms with Crippen molar-refractivity contribution in [2.45, 2.75) is 0 Å². The molecule has 0 spiro atoms. The molecule has 1 amide bonds. The van der Waals surface area contributed by atoms with E-state index >= 15 is 0 Å². The second-order valence-electron chi connectivity index (χ2n) is 3.71. The molecule has 0 aliphatic heterocycles. The van der Waals surface area contributed by atoms with Crippen molar-refractivity contribution in [3.8, 4) is 10.6 Å². The quantitative estimate of drug-likeness (QED) is 0.670. The molecule has 102 valence electrons. The Kier molecular flexibility index (Phi) is 4.09. The van der Waals surface area contributed by atoms with Gasteiger partial charge in [0.1, 0.15) is 4.34 Å². The molecule has 1 N–H and O–H groups in total. The van der Waals surface area contributed by atoms with Crippen molar-refractivity contribution in [3.05, 3.63) is 43.2 Å². The highest BCUT2D eigenvalue weighted by Crippen LogP contribution is 2.32. The standard InChI is InChI=1S/C12H6Cl2N2OS3/c13-9-4-6(10(14)20-9)11(17)16-12-15-7(5-19-12)8-2-1-3-18-8/h1-5H,(H,15,16,17). The van der Waals surface area contributed by atoms with E-state index in [2.05, 4.69) is 10.3 Å². The fourth-order valence-corrected chi connectivity index (χ4v) is 4.45. The molecular weight excluding hydrogens is 355 g/mol. The normalized spacial score (nSPS) is 10.7. The lowest BCUT2D eigenvalue weighted by Crippen LogP contribution is -2.11. The summed E-state index contributed by atoms with van der Waals surface area (Å²) < 4.78 is 0.862. The number of hydrogen-bond acceptors (Lipinski definition) is 5. The van der Waals surface area contributed by atoms with Crippen LogP contribution in [0.3, 0.4) is 0 Å². The Balaban J connectivity index is 1.78. The second kappa shape index (κ2) is 5.83. The molecule has 0 saturated carbocycles. The van der Waals surface area contributed by atoms with Gasteiger partial charge < -0.3 is 0 Å². The Morgan fingerprint density at radius 2 is 2.15 bits per heavy atom. The fourth-order valence-electron chi connectivity index (χ4n) is 1.53. The maximum absolute atomic E-state index is 12.1. The van der Waals surface area contributed by atoms with Crippen LogP contribution in [0, 0.1) is 0 Å². The Hall–Kier alpha value is -0.920. The molecule has 0 radical (unpaired) electrons. The number of thiophene rings is 2. The summed E-state index contributed by atoms with van der Waals surface area (Å²) in [4.78, 5) is 17.5. The van der Waals surface area contributed by atoms with E-state index in [-0.39, 0.29) is 5.91 Å². The molecule has 20 heavy (non-hydrogen) atoms. The summed E-state index contributed by atoms with van der Waals surface area (Å²) in [5.74, 6) is -0.301. The number of carbonyl (C=O) groups is 1. The fraction of sp³-hybridized carbons (Fsp3) is 0. The van der Waals surface area contributed by atoms with Gasteiger partial charge in [0, 0.05) is 5.38 Å². The van der Waals surface area contributed by atoms with Crippen molar-refractivity contribution in [2.75, 3.05) is 5.32 Å². The molecule has 3 nitrogen and oxygen atoms in total. The lowest BCUT2D eigenvalue weighted by Gasteiger charge is -1.99. The number of nitrogens with one attached hydrogen (secondary N) is 1. The van der Waals surface area contributed by atoms with Gasteiger partial charge in [0.2, 0.25) is 0 Å². The Labute approximate surface area is 136 Å². The number of aromatic nitrogens is 1. The summed E-state index contributed by atoms with van der Waals surface area (Å²) in [6.45, 7) is 0. The molecule has 0 unspecified atom stereocenters. The Morgan fingerprint density at radius 3 is 2.80 bits per heavy atom. The summed E-state index contributed by atoms with van der Waals surface area (Å²) >= 11 is 15.9. The zero-order chi connectivity index (χ0) is 14.1. The average molecular weight is 361 g/mol. The van der Waals surface area contributed by atoms with E-state index in [1.807, 2.05) is 22.9 Å². The second-order valence-corrected chi connectivity index (χ2v) is 7.80. The van der Waals surface area contributed by atoms with Gasteiger partial charge in [0.05, 0.1) is 20.5 Å². The molecule has 0 saturated heterocycles. The molecule has 0 fully saturated rings. The molecule has 0 bridgehead atoms. The van der Waals surface area contributed by atoms with Gasteiger partial charge in [0.25, 0.3) is 5.91 Å². The van der Waals surface area contributed by atoms with Gasteiger partial charge in [-0.25, -0.2) is 4.98 Å². The van der Waals surface area contributed by atoms with Gasteiger partial charge in [-0.1, -0.05) is 29.3 Å². The highest BCUT2D eigenvalue weighted by molar-refractivity contribution is 7.20. The molecule has 0 aliphatic carbocycles. The average Bonchev–Trinajstić information content (AvgIpc) is 3.09. The first kappa shape index (κ1) is 14.0. The minimum atomic E-state index is -0.301. The molecule has 0 aliphatic rings. The van der Waals surface area contributed by atoms with Crippen LogP contribution >= 0.6 is 57.2 Å². The first-order chi connectivity index (χ1) is 9.63. The highest BCUT2D eigenvalue weighted by Gasteiger charge is 2.16. The topological polar surface area (TPSA) is 42.0 Å². The Morgan fingerprint density at radius 1 is 1.30 bits per heavy atom. The number of carbonyl (C=O) groups excluding carboxylic acids is 1. The van der Waals surface area contributed by atoms with Crippen molar-refractivity contribution in [2.24, 2.45) is 0 Å². The van der Waals surface area contributed by atoms with Crippen LogP contribution in [0.15, 0.2) is 29.0 Å². The van der Waals surface area contributed by atoms with E-state index in [9.17, 15) is 4.79 Å². The molecule has 3 rings (SSSR count). The highest BCUT2D eigenvalue weighted by atomic mass is 35.5. The summed E-state index contributed by atoms with van der Waals surface area (Å²) in [6.07, 6.45) is 0. The van der Waals surface area contributed by atoms with E-state index in [4.69, 9.17) is 23.2 Å². The summed E-state index contributed by atoms with van der Waals surface area (Å²) in [5.41, 5.74) is 1.23. The van der Waals surface area contributed by atoms with Gasteiger partial charge in [-0.05, 0) is 17.5 Å². The van der Waals surface area contributed by atoms with E-state index in [1.165, 1.54) is 22.7 Å². The smallest absolute Gasteiger partial charge is 0.259 e. The minimum absolute atomic E-state index is 0.301. The van der Waals surface area contributed by atoms with Gasteiger partial charge in [-0.15, -0.1) is 34.0 Å². The number of anilines is 1. The number of rotatable bonds is 3. The van der Waals surface area contributed by atoms with Crippen molar-refractivity contribution in [3.63, 3.8) is 0 Å². The number of halogens is 2. The van der Waals surface area contributed by atoms with E-state index < -0.39 is 0 Å². The number of nitrogens with zero attached hydrogens (tertiary/aromatic N) is 1. The SMILES string of the molecule is O=C(Nc1nc(-c2cccs2)cs1)c1cc(Cl)sc1Cl. The first-order valence-corrected chi connectivity index (χ1v) is 8.72. The van der Waals surface area contributed by atoms with Gasteiger partial charge >= 0.3 is 0 Å². The van der Waals surface area contributed by atoms with Crippen molar-refractivity contribution in [1.29, 1.82) is 0 Å². The zero-order valence-corrected chi connectivity index (χ0v) is 13.7. The molecule has 3 aromatic heterocycles. The number of hydrogen-bond donors (Lipinski definition) is 1. The molecule has 3 aromatic rings. The molecule has 0 atom stereocenters. The number of thiazole rings is 1. The van der Waals surface area contributed by atoms with Crippen LogP contribution in [0.5, 0.6) is 0 Å². The van der Waals surface area contributed by atoms with Crippen LogP contribution in [-0.4, -0.2) is 10.9 Å². The lowest BCUT2D eigenvalue weighted by atomic mass is 10.3. The predicted molar refractivity (Wildman–Crippen MR) is 87.7 cm³/mol. The van der Waals surface area contributed by atoms with E-state index in [1.54, 1.807) is 17.4 Å². The van der Waals surface area contributed by atoms with E-state index in [0.717, 1.165) is 10.6 Å². The largest absolute Gasteiger partial charge is 0.298 e. The van der Waals surface area contributed by atoms with Crippen LogP contribution in [0.1, 0.15) is 10.4 Å². The molecule has 0 aromatic carbocycles. The monoisotopic (exact) mass is 360 g/mol. The zero-order valence-electron chi connectivity index (χ0n) is 9.72. The first-order valence-electron chi connectivity index (χ1n) is 5.39. The third-order valence-electron chi connectivity index (χ3n) is 2.40. The van der Waals surface area contributed by atoms with E-state index in [0.29, 0.717) is 19.4 Å². The van der Waals surface area contributed by atoms with Gasteiger partial charge in [-0.2, -0.15) is 0 Å². The van der Waals surface area contributed by atoms with Crippen molar-refractivity contribution >= 4 is 68.3 Å². The van der Waals surface area contributed by atoms with Crippen LogP contribution in [0.4, 0.5) is 5.13 Å². The summed E-state index contributed by atoms with van der Waals surface area (Å²) in [7, 11) is 0. The van der Waals surface area contributed by atoms with Crippen LogP contribution in [0.25, 0.3) is 10.6 Å². The van der Waals surface area contributed by atoms with Crippen LogP contribution in [-0.2, 0) is 0 Å². The molecular formula is C12H6Cl2N2OS3. The van der Waals surface area contributed by atoms with Gasteiger partial charge in [0.15, 0.2) is 5.13 Å². The van der Waals surface area contributed by atoms with Crippen molar-refractivity contribution in [1.82, 2.24) is 4.98 Å². The summed E-state index contributed by atoms with van der Waals surface area (Å²) in [5, 5.41) is 7.16. The lowest BCUT2D eigenvalue weighted by molar-refractivity contribution is 0.102. The summed E-state index contributed by atoms with van der Waals surface area (Å²) in [6, 6.07) is 5.50. The maximum Gasteiger partial charge on any atom is 0.259 e. The molecule has 3 heterocycles. The van der Waals surface area contributed by atoms with Crippen LogP contribution < -0.4 is 5.32 Å². The third kappa shape index (κ3) is 2.89. The third-order valence-corrected chi connectivity index (χ3v) is 5.54. The number of amides is 1.